The number of benzene rings is 2. The topological polar surface area (TPSA) is 46.3 Å². The van der Waals surface area contributed by atoms with Crippen molar-refractivity contribution >= 4 is 28.3 Å². The van der Waals surface area contributed by atoms with Crippen LogP contribution >= 0.6 is 11.3 Å². The molecule has 3 heterocycles. The fourth-order valence-electron chi connectivity index (χ4n) is 3.88. The highest BCUT2D eigenvalue weighted by molar-refractivity contribution is 7.10. The third kappa shape index (κ3) is 3.22. The van der Waals surface area contributed by atoms with E-state index in [4.69, 9.17) is 9.40 Å². The minimum Gasteiger partial charge on any atom is -0.438 e. The second-order valence-electron chi connectivity index (χ2n) is 7.10. The Bertz CT molecular complexity index is 1100. The van der Waals surface area contributed by atoms with Crippen molar-refractivity contribution < 1.29 is 9.21 Å². The fourth-order valence-corrected chi connectivity index (χ4v) is 4.58. The van der Waals surface area contributed by atoms with E-state index in [1.807, 2.05) is 46.7 Å². The summed E-state index contributed by atoms with van der Waals surface area (Å²) in [6, 6.07) is 20.3. The van der Waals surface area contributed by atoms with Crippen LogP contribution in [0.1, 0.15) is 29.7 Å². The second-order valence-corrected chi connectivity index (χ2v) is 8.13. The quantitative estimate of drug-likeness (QED) is 0.466. The molecule has 0 radical (unpaired) electrons. The van der Waals surface area contributed by atoms with Gasteiger partial charge in [0, 0.05) is 11.4 Å². The highest BCUT2D eigenvalue weighted by atomic mass is 32.1. The van der Waals surface area contributed by atoms with Crippen LogP contribution in [-0.4, -0.2) is 22.3 Å². The molecule has 0 N–H and O–H groups in total. The first-order valence-electron chi connectivity index (χ1n) is 9.56. The van der Waals surface area contributed by atoms with Gasteiger partial charge in [-0.25, -0.2) is 4.98 Å². The molecule has 2 aromatic heterocycles. The van der Waals surface area contributed by atoms with E-state index in [0.29, 0.717) is 12.3 Å². The van der Waals surface area contributed by atoms with Crippen molar-refractivity contribution in [3.8, 4) is 11.1 Å². The zero-order valence-electron chi connectivity index (χ0n) is 15.4. The molecule has 140 valence electrons. The van der Waals surface area contributed by atoms with Gasteiger partial charge in [0.25, 0.3) is 0 Å². The van der Waals surface area contributed by atoms with Gasteiger partial charge < -0.3 is 9.32 Å². The van der Waals surface area contributed by atoms with Crippen LogP contribution in [-0.2, 0) is 11.2 Å². The predicted molar refractivity (Wildman–Crippen MR) is 111 cm³/mol. The Kier molecular flexibility index (Phi) is 4.45. The van der Waals surface area contributed by atoms with Crippen LogP contribution in [0.25, 0.3) is 22.2 Å². The van der Waals surface area contributed by atoms with E-state index in [2.05, 4.69) is 24.3 Å². The van der Waals surface area contributed by atoms with E-state index in [1.165, 1.54) is 0 Å². The Morgan fingerprint density at radius 1 is 1.11 bits per heavy atom. The molecule has 28 heavy (non-hydrogen) atoms. The number of fused-ring (bicyclic) bond motifs is 1. The average molecular weight is 388 g/mol. The number of oxazole rings is 1. The number of hydrogen-bond acceptors (Lipinski definition) is 4. The molecule has 0 saturated carbocycles. The minimum absolute atomic E-state index is 0.0694. The Morgan fingerprint density at radius 2 is 2.00 bits per heavy atom. The van der Waals surface area contributed by atoms with Crippen LogP contribution in [0.4, 0.5) is 0 Å². The molecular formula is C23H20N2O2S. The van der Waals surface area contributed by atoms with E-state index in [-0.39, 0.29) is 11.9 Å². The molecule has 1 amide bonds. The molecule has 2 aromatic carbocycles. The van der Waals surface area contributed by atoms with Crippen molar-refractivity contribution in [1.29, 1.82) is 0 Å². The SMILES string of the molecule is O=C(Cc1cccs1)N1CCCC1c1nc2cc(-c3ccccc3)ccc2o1. The van der Waals surface area contributed by atoms with Crippen LogP contribution in [0.5, 0.6) is 0 Å². The maximum absolute atomic E-state index is 12.8. The third-order valence-corrected chi connectivity index (χ3v) is 6.15. The number of thiophene rings is 1. The molecule has 1 atom stereocenters. The first-order valence-corrected chi connectivity index (χ1v) is 10.4. The minimum atomic E-state index is -0.0694. The maximum Gasteiger partial charge on any atom is 0.228 e. The van der Waals surface area contributed by atoms with E-state index in [0.717, 1.165) is 46.5 Å². The van der Waals surface area contributed by atoms with E-state index < -0.39 is 0 Å². The molecule has 4 aromatic rings. The number of carbonyl (C=O) groups excluding carboxylic acids is 1. The summed E-state index contributed by atoms with van der Waals surface area (Å²) in [7, 11) is 0. The largest absolute Gasteiger partial charge is 0.438 e. The van der Waals surface area contributed by atoms with Gasteiger partial charge in [-0.15, -0.1) is 11.3 Å². The first-order chi connectivity index (χ1) is 13.8. The number of aromatic nitrogens is 1. The van der Waals surface area contributed by atoms with Crippen LogP contribution in [0.3, 0.4) is 0 Å². The van der Waals surface area contributed by atoms with Gasteiger partial charge in [-0.05, 0) is 47.5 Å². The van der Waals surface area contributed by atoms with Gasteiger partial charge >= 0.3 is 0 Å². The maximum atomic E-state index is 12.8. The lowest BCUT2D eigenvalue weighted by atomic mass is 10.1. The van der Waals surface area contributed by atoms with Crippen molar-refractivity contribution in [2.75, 3.05) is 6.54 Å². The summed E-state index contributed by atoms with van der Waals surface area (Å²) >= 11 is 1.62. The van der Waals surface area contributed by atoms with Crippen molar-refractivity contribution in [3.05, 3.63) is 76.8 Å². The van der Waals surface area contributed by atoms with Crippen LogP contribution < -0.4 is 0 Å². The molecule has 5 heteroatoms. The zero-order chi connectivity index (χ0) is 18.9. The van der Waals surface area contributed by atoms with Crippen molar-refractivity contribution in [2.45, 2.75) is 25.3 Å². The highest BCUT2D eigenvalue weighted by Crippen LogP contribution is 2.34. The normalized spacial score (nSPS) is 16.7. The fraction of sp³-hybridized carbons (Fsp3) is 0.217. The molecule has 0 bridgehead atoms. The number of nitrogens with zero attached hydrogens (tertiary/aromatic N) is 2. The standard InChI is InChI=1S/C23H20N2O2S/c26-22(15-18-8-5-13-28-18)25-12-4-9-20(25)23-24-19-14-17(10-11-21(19)27-23)16-6-2-1-3-7-16/h1-3,5-8,10-11,13-14,20H,4,9,12,15H2. The predicted octanol–water partition coefficient (Wildman–Crippen LogP) is 5.46. The van der Waals surface area contributed by atoms with E-state index in [9.17, 15) is 4.79 Å². The number of carbonyl (C=O) groups is 1. The number of amides is 1. The van der Waals surface area contributed by atoms with Gasteiger partial charge in [0.2, 0.25) is 11.8 Å². The smallest absolute Gasteiger partial charge is 0.228 e. The van der Waals surface area contributed by atoms with Crippen molar-refractivity contribution in [3.63, 3.8) is 0 Å². The number of rotatable bonds is 4. The Hall–Kier alpha value is -2.92. The third-order valence-electron chi connectivity index (χ3n) is 5.27. The summed E-state index contributed by atoms with van der Waals surface area (Å²) < 4.78 is 6.06. The van der Waals surface area contributed by atoms with Crippen molar-refractivity contribution in [2.24, 2.45) is 0 Å². The van der Waals surface area contributed by atoms with Crippen molar-refractivity contribution in [1.82, 2.24) is 9.88 Å². The van der Waals surface area contributed by atoms with Crippen LogP contribution in [0.2, 0.25) is 0 Å². The molecule has 0 aliphatic carbocycles. The Balaban J connectivity index is 1.42. The zero-order valence-corrected chi connectivity index (χ0v) is 16.2. The molecule has 1 aliphatic heterocycles. The lowest BCUT2D eigenvalue weighted by Crippen LogP contribution is -2.31. The molecule has 5 rings (SSSR count). The van der Waals surface area contributed by atoms with E-state index in [1.54, 1.807) is 11.3 Å². The molecule has 0 spiro atoms. The van der Waals surface area contributed by atoms with Crippen LogP contribution in [0, 0.1) is 0 Å². The first kappa shape index (κ1) is 17.2. The summed E-state index contributed by atoms with van der Waals surface area (Å²) in [5, 5.41) is 2.01. The molecule has 1 aliphatic rings. The summed E-state index contributed by atoms with van der Waals surface area (Å²) in [5.74, 6) is 0.800. The monoisotopic (exact) mass is 388 g/mol. The van der Waals surface area contributed by atoms with Gasteiger partial charge in [-0.3, -0.25) is 4.79 Å². The molecule has 1 unspecified atom stereocenters. The van der Waals surface area contributed by atoms with E-state index >= 15 is 0 Å². The summed E-state index contributed by atoms with van der Waals surface area (Å²) in [4.78, 5) is 20.6. The molecule has 1 saturated heterocycles. The molecule has 4 nitrogen and oxygen atoms in total. The number of hydrogen-bond donors (Lipinski definition) is 0. The van der Waals surface area contributed by atoms with Gasteiger partial charge in [0.15, 0.2) is 5.58 Å². The Morgan fingerprint density at radius 3 is 2.82 bits per heavy atom. The Labute approximate surface area is 167 Å². The highest BCUT2D eigenvalue weighted by Gasteiger charge is 2.33. The molecule has 1 fully saturated rings. The summed E-state index contributed by atoms with van der Waals surface area (Å²) in [5.41, 5.74) is 3.88. The van der Waals surface area contributed by atoms with Crippen LogP contribution in [0.15, 0.2) is 70.5 Å². The average Bonchev–Trinajstić information content (AvgIpc) is 3.47. The van der Waals surface area contributed by atoms with Gasteiger partial charge in [-0.1, -0.05) is 42.5 Å². The van der Waals surface area contributed by atoms with Gasteiger partial charge in [0.05, 0.1) is 6.42 Å². The van der Waals surface area contributed by atoms with Gasteiger partial charge in [-0.2, -0.15) is 0 Å². The number of likely N-dealkylation sites (tertiary alicyclic amines) is 1. The summed E-state index contributed by atoms with van der Waals surface area (Å²) in [6.07, 6.45) is 2.33. The summed E-state index contributed by atoms with van der Waals surface area (Å²) in [6.45, 7) is 0.767. The second kappa shape index (κ2) is 7.24. The molecular weight excluding hydrogens is 368 g/mol. The lowest BCUT2D eigenvalue weighted by molar-refractivity contribution is -0.131. The lowest BCUT2D eigenvalue weighted by Gasteiger charge is -2.22. The van der Waals surface area contributed by atoms with Gasteiger partial charge in [0.1, 0.15) is 11.6 Å².